The zero-order valence-corrected chi connectivity index (χ0v) is 10.1. The maximum atomic E-state index is 10.8. The molecule has 0 spiro atoms. The molecule has 0 heterocycles. The normalized spacial score (nSPS) is 12.1. The molecule has 94 valence electrons. The lowest BCUT2D eigenvalue weighted by Gasteiger charge is -2.11. The van der Waals surface area contributed by atoms with E-state index in [0.29, 0.717) is 22.9 Å². The minimum absolute atomic E-state index is 0.148. The Balaban J connectivity index is 2.31. The van der Waals surface area contributed by atoms with E-state index in [0.717, 1.165) is 0 Å². The van der Waals surface area contributed by atoms with Crippen LogP contribution in [0.3, 0.4) is 0 Å². The average molecular weight is 263 g/mol. The molecule has 0 aliphatic rings. The van der Waals surface area contributed by atoms with Gasteiger partial charge in [0.15, 0.2) is 5.75 Å². The molecule has 2 rings (SSSR count). The average Bonchev–Trinajstić information content (AvgIpc) is 2.35. The Bertz CT molecular complexity index is 602. The third-order valence-corrected chi connectivity index (χ3v) is 2.96. The first-order chi connectivity index (χ1) is 8.58. The maximum Gasteiger partial charge on any atom is 0.152 e. The number of para-hydroxylation sites is 1. The lowest BCUT2D eigenvalue weighted by molar-refractivity contribution is 0.482. The zero-order valence-electron chi connectivity index (χ0n) is 9.33. The third kappa shape index (κ3) is 2.61. The van der Waals surface area contributed by atoms with Crippen LogP contribution in [0.2, 0.25) is 0 Å². The summed E-state index contributed by atoms with van der Waals surface area (Å²) in [6.45, 7) is 0. The molecule has 5 nitrogen and oxygen atoms in total. The number of anilines is 2. The van der Waals surface area contributed by atoms with Gasteiger partial charge in [0, 0.05) is 4.90 Å². The fourth-order valence-corrected chi connectivity index (χ4v) is 1.82. The fourth-order valence-electron chi connectivity index (χ4n) is 1.42. The number of hydrogen-bond donors (Lipinski definition) is 2. The molecule has 0 saturated carbocycles. The highest BCUT2D eigenvalue weighted by Crippen LogP contribution is 2.31. The Kier molecular flexibility index (Phi) is 3.50. The van der Waals surface area contributed by atoms with Crippen molar-refractivity contribution < 1.29 is 13.5 Å². The van der Waals surface area contributed by atoms with Gasteiger partial charge < -0.3 is 20.8 Å². The monoisotopic (exact) mass is 263 g/mol. The summed E-state index contributed by atoms with van der Waals surface area (Å²) < 4.78 is 27.2. The molecular formula is C12H11N2O3S-. The molecule has 0 aliphatic carbocycles. The molecule has 2 aromatic rings. The van der Waals surface area contributed by atoms with Crippen LogP contribution >= 0.6 is 0 Å². The predicted molar refractivity (Wildman–Crippen MR) is 69.0 cm³/mol. The van der Waals surface area contributed by atoms with Gasteiger partial charge in [-0.05, 0) is 41.4 Å². The number of nitrogen functional groups attached to an aromatic ring is 2. The van der Waals surface area contributed by atoms with Gasteiger partial charge in [-0.3, -0.25) is 4.21 Å². The summed E-state index contributed by atoms with van der Waals surface area (Å²) >= 11 is -2.29. The van der Waals surface area contributed by atoms with Crippen molar-refractivity contribution in [1.29, 1.82) is 0 Å². The highest BCUT2D eigenvalue weighted by molar-refractivity contribution is 7.79. The highest BCUT2D eigenvalue weighted by Gasteiger charge is 2.05. The van der Waals surface area contributed by atoms with Crippen molar-refractivity contribution >= 4 is 22.5 Å². The first kappa shape index (κ1) is 12.4. The lowest BCUT2D eigenvalue weighted by atomic mass is 10.2. The molecule has 0 amide bonds. The van der Waals surface area contributed by atoms with E-state index < -0.39 is 11.1 Å². The van der Waals surface area contributed by atoms with Crippen molar-refractivity contribution in [1.82, 2.24) is 0 Å². The molecule has 0 radical (unpaired) electrons. The Morgan fingerprint density at radius 2 is 1.83 bits per heavy atom. The number of hydrogen-bond acceptors (Lipinski definition) is 5. The summed E-state index contributed by atoms with van der Waals surface area (Å²) in [4.78, 5) is 0.148. The summed E-state index contributed by atoms with van der Waals surface area (Å²) in [6.07, 6.45) is 0. The maximum absolute atomic E-state index is 10.8. The van der Waals surface area contributed by atoms with E-state index in [1.54, 1.807) is 30.3 Å². The first-order valence-corrected chi connectivity index (χ1v) is 6.16. The third-order valence-electron chi connectivity index (χ3n) is 2.33. The van der Waals surface area contributed by atoms with Gasteiger partial charge in [-0.25, -0.2) is 0 Å². The van der Waals surface area contributed by atoms with Gasteiger partial charge in [0.1, 0.15) is 5.75 Å². The minimum Gasteiger partial charge on any atom is -0.768 e. The fraction of sp³-hybridized carbons (Fsp3) is 0. The molecule has 1 atom stereocenters. The topological polar surface area (TPSA) is 101 Å². The van der Waals surface area contributed by atoms with E-state index in [-0.39, 0.29) is 4.90 Å². The second-order valence-electron chi connectivity index (χ2n) is 3.57. The summed E-state index contributed by atoms with van der Waals surface area (Å²) in [5, 5.41) is 0. The van der Waals surface area contributed by atoms with Crippen molar-refractivity contribution in [2.24, 2.45) is 0 Å². The second-order valence-corrected chi connectivity index (χ2v) is 4.51. The summed E-state index contributed by atoms with van der Waals surface area (Å²) in [6, 6.07) is 11.1. The molecule has 0 bridgehead atoms. The number of rotatable bonds is 3. The van der Waals surface area contributed by atoms with Crippen LogP contribution in [0.4, 0.5) is 11.4 Å². The number of benzene rings is 2. The molecule has 2 aromatic carbocycles. The molecule has 18 heavy (non-hydrogen) atoms. The molecule has 0 aromatic heterocycles. The van der Waals surface area contributed by atoms with Crippen LogP contribution in [-0.2, 0) is 11.1 Å². The van der Waals surface area contributed by atoms with Crippen LogP contribution < -0.4 is 16.2 Å². The van der Waals surface area contributed by atoms with Crippen LogP contribution in [-0.4, -0.2) is 8.76 Å². The molecule has 4 N–H and O–H groups in total. The van der Waals surface area contributed by atoms with Crippen molar-refractivity contribution in [2.75, 3.05) is 11.5 Å². The van der Waals surface area contributed by atoms with Gasteiger partial charge in [-0.15, -0.1) is 0 Å². The summed E-state index contributed by atoms with van der Waals surface area (Å²) in [5.41, 5.74) is 12.1. The highest BCUT2D eigenvalue weighted by atomic mass is 32.2. The quantitative estimate of drug-likeness (QED) is 0.650. The Morgan fingerprint density at radius 1 is 1.11 bits per heavy atom. The minimum atomic E-state index is -2.29. The van der Waals surface area contributed by atoms with Gasteiger partial charge in [-0.2, -0.15) is 0 Å². The van der Waals surface area contributed by atoms with Gasteiger partial charge >= 0.3 is 0 Å². The standard InChI is InChI=1S/C12H12N2O3S/c13-10-5-2-6-11(12(10)14)17-8-3-1-4-9(7-8)18(15)16/h1-7H,13-14H2,(H,15,16)/p-1. The Morgan fingerprint density at radius 3 is 2.56 bits per heavy atom. The SMILES string of the molecule is Nc1cccc(Oc2cccc(S(=O)[O-])c2)c1N. The van der Waals surface area contributed by atoms with Gasteiger partial charge in [0.05, 0.1) is 11.4 Å². The van der Waals surface area contributed by atoms with E-state index in [2.05, 4.69) is 0 Å². The lowest BCUT2D eigenvalue weighted by Crippen LogP contribution is -1.97. The van der Waals surface area contributed by atoms with Gasteiger partial charge in [0.2, 0.25) is 0 Å². The molecule has 0 saturated heterocycles. The summed E-state index contributed by atoms with van der Waals surface area (Å²) in [5.74, 6) is 0.776. The molecule has 6 heteroatoms. The Hall–Kier alpha value is -2.05. The van der Waals surface area contributed by atoms with Crippen LogP contribution in [0.25, 0.3) is 0 Å². The zero-order chi connectivity index (χ0) is 13.1. The number of nitrogens with two attached hydrogens (primary N) is 2. The van der Waals surface area contributed by atoms with Crippen LogP contribution in [0.1, 0.15) is 0 Å². The predicted octanol–water partition coefficient (Wildman–Crippen LogP) is 1.88. The molecule has 0 fully saturated rings. The first-order valence-electron chi connectivity index (χ1n) is 5.09. The van der Waals surface area contributed by atoms with Crippen molar-refractivity contribution in [3.05, 3.63) is 42.5 Å². The van der Waals surface area contributed by atoms with E-state index in [1.165, 1.54) is 12.1 Å². The van der Waals surface area contributed by atoms with Crippen molar-refractivity contribution in [2.45, 2.75) is 4.90 Å². The van der Waals surface area contributed by atoms with Crippen LogP contribution in [0, 0.1) is 0 Å². The van der Waals surface area contributed by atoms with Crippen LogP contribution in [0.5, 0.6) is 11.5 Å². The second kappa shape index (κ2) is 5.07. The van der Waals surface area contributed by atoms with E-state index in [4.69, 9.17) is 16.2 Å². The molecule has 1 unspecified atom stereocenters. The van der Waals surface area contributed by atoms with E-state index >= 15 is 0 Å². The van der Waals surface area contributed by atoms with Gasteiger partial charge in [0.25, 0.3) is 0 Å². The van der Waals surface area contributed by atoms with Crippen LogP contribution in [0.15, 0.2) is 47.4 Å². The van der Waals surface area contributed by atoms with E-state index in [9.17, 15) is 8.76 Å². The summed E-state index contributed by atoms with van der Waals surface area (Å²) in [7, 11) is 0. The Labute approximate surface area is 107 Å². The smallest absolute Gasteiger partial charge is 0.152 e. The van der Waals surface area contributed by atoms with Gasteiger partial charge in [-0.1, -0.05) is 12.1 Å². The molecular weight excluding hydrogens is 252 g/mol. The molecule has 0 aliphatic heterocycles. The van der Waals surface area contributed by atoms with E-state index in [1.807, 2.05) is 0 Å². The van der Waals surface area contributed by atoms with Crippen molar-refractivity contribution in [3.8, 4) is 11.5 Å². The van der Waals surface area contributed by atoms with Crippen molar-refractivity contribution in [3.63, 3.8) is 0 Å². The largest absolute Gasteiger partial charge is 0.768 e. The number of ether oxygens (including phenoxy) is 1.